The molecule has 0 bridgehead atoms. The zero-order chi connectivity index (χ0) is 19.0. The fraction of sp³-hybridized carbons (Fsp3) is 0.250. The van der Waals surface area contributed by atoms with Crippen LogP contribution >= 0.6 is 0 Å². The molecule has 0 saturated heterocycles. The number of hydrogen-bond donors (Lipinski definition) is 2. The zero-order valence-corrected chi connectivity index (χ0v) is 15.0. The van der Waals surface area contributed by atoms with Gasteiger partial charge in [0.05, 0.1) is 7.11 Å². The lowest BCUT2D eigenvalue weighted by Gasteiger charge is -2.22. The molecule has 3 aromatic rings. The summed E-state index contributed by atoms with van der Waals surface area (Å²) in [6.45, 7) is 0. The molecule has 7 nitrogen and oxygen atoms in total. The van der Waals surface area contributed by atoms with Crippen LogP contribution in [0.1, 0.15) is 29.7 Å². The molecule has 0 amide bonds. The highest BCUT2D eigenvalue weighted by atomic mass is 16.5. The maximum Gasteiger partial charge on any atom is 0.266 e. The third-order valence-electron chi connectivity index (χ3n) is 4.92. The molecule has 1 aromatic carbocycles. The first-order chi connectivity index (χ1) is 13.1. The number of pyridine rings is 1. The maximum atomic E-state index is 11.7. The standard InChI is InChI=1S/C20H19N5O2/c1-27-13-8-6-12(7-9-13)19-14-4-2-3-5-16(14)23-20(15(19)11-21)25-17(22)10-18(26)24-25/h6-10H,2-5,22H2,1H3,(H,24,26). The van der Waals surface area contributed by atoms with Crippen LogP contribution in [0.5, 0.6) is 5.75 Å². The lowest BCUT2D eigenvalue weighted by molar-refractivity contribution is 0.415. The number of aromatic nitrogens is 3. The largest absolute Gasteiger partial charge is 0.497 e. The number of benzene rings is 1. The smallest absolute Gasteiger partial charge is 0.266 e. The molecular weight excluding hydrogens is 342 g/mol. The predicted octanol–water partition coefficient (Wildman–Crippen LogP) is 2.57. The Bertz CT molecular complexity index is 1100. The zero-order valence-electron chi connectivity index (χ0n) is 15.0. The van der Waals surface area contributed by atoms with Crippen molar-refractivity contribution in [3.8, 4) is 28.8 Å². The van der Waals surface area contributed by atoms with Gasteiger partial charge >= 0.3 is 0 Å². The molecule has 0 unspecified atom stereocenters. The quantitative estimate of drug-likeness (QED) is 0.745. The SMILES string of the molecule is COc1ccc(-c2c(C#N)c(-n3[nH]c(=O)cc3N)nc3c2CCCC3)cc1. The average molecular weight is 361 g/mol. The fourth-order valence-electron chi connectivity index (χ4n) is 3.65. The van der Waals surface area contributed by atoms with E-state index in [1.54, 1.807) is 7.11 Å². The number of H-pyrrole nitrogens is 1. The Hall–Kier alpha value is -3.53. The van der Waals surface area contributed by atoms with Crippen LogP contribution in [0.3, 0.4) is 0 Å². The number of nitriles is 1. The fourth-order valence-corrected chi connectivity index (χ4v) is 3.65. The maximum absolute atomic E-state index is 11.7. The molecule has 0 fully saturated rings. The van der Waals surface area contributed by atoms with Crippen LogP contribution in [0.25, 0.3) is 16.9 Å². The van der Waals surface area contributed by atoms with Gasteiger partial charge in [-0.15, -0.1) is 0 Å². The monoisotopic (exact) mass is 361 g/mol. The minimum Gasteiger partial charge on any atom is -0.497 e. The first-order valence-electron chi connectivity index (χ1n) is 8.80. The highest BCUT2D eigenvalue weighted by Gasteiger charge is 2.24. The number of methoxy groups -OCH3 is 1. The lowest BCUT2D eigenvalue weighted by Crippen LogP contribution is -2.16. The number of aromatic amines is 1. The van der Waals surface area contributed by atoms with Crippen molar-refractivity contribution >= 4 is 5.82 Å². The van der Waals surface area contributed by atoms with Gasteiger partial charge in [0.2, 0.25) is 0 Å². The topological polar surface area (TPSA) is 110 Å². The second kappa shape index (κ2) is 6.65. The highest BCUT2D eigenvalue weighted by Crippen LogP contribution is 2.36. The van der Waals surface area contributed by atoms with Gasteiger partial charge < -0.3 is 10.5 Å². The summed E-state index contributed by atoms with van der Waals surface area (Å²) >= 11 is 0. The number of anilines is 1. The predicted molar refractivity (Wildman–Crippen MR) is 102 cm³/mol. The minimum atomic E-state index is -0.332. The number of nitrogens with two attached hydrogens (primary N) is 1. The van der Waals surface area contributed by atoms with E-state index in [0.717, 1.165) is 53.8 Å². The first-order valence-corrected chi connectivity index (χ1v) is 8.80. The number of rotatable bonds is 3. The van der Waals surface area contributed by atoms with Crippen LogP contribution in [0.4, 0.5) is 5.82 Å². The van der Waals surface area contributed by atoms with Crippen molar-refractivity contribution in [1.29, 1.82) is 5.26 Å². The average Bonchev–Trinajstić information content (AvgIpc) is 3.04. The highest BCUT2D eigenvalue weighted by molar-refractivity contribution is 5.78. The molecule has 0 spiro atoms. The second-order valence-corrected chi connectivity index (χ2v) is 6.54. The number of nitrogens with zero attached hydrogens (tertiary/aromatic N) is 3. The molecule has 2 heterocycles. The Morgan fingerprint density at radius 3 is 2.63 bits per heavy atom. The summed E-state index contributed by atoms with van der Waals surface area (Å²) in [6.07, 6.45) is 3.81. The van der Waals surface area contributed by atoms with Gasteiger partial charge in [0.1, 0.15) is 23.2 Å². The molecule has 3 N–H and O–H groups in total. The van der Waals surface area contributed by atoms with Gasteiger partial charge in [0.15, 0.2) is 5.82 Å². The summed E-state index contributed by atoms with van der Waals surface area (Å²) in [7, 11) is 1.62. The summed E-state index contributed by atoms with van der Waals surface area (Å²) in [5.41, 5.74) is 9.86. The van der Waals surface area contributed by atoms with Gasteiger partial charge in [-0.05, 0) is 48.9 Å². The normalized spacial score (nSPS) is 13.0. The Labute approximate surface area is 156 Å². The number of ether oxygens (including phenoxy) is 1. The number of hydrogen-bond acceptors (Lipinski definition) is 5. The second-order valence-electron chi connectivity index (χ2n) is 6.54. The number of fused-ring (bicyclic) bond motifs is 1. The molecule has 1 aliphatic rings. The molecule has 0 atom stereocenters. The molecule has 0 aliphatic heterocycles. The molecule has 27 heavy (non-hydrogen) atoms. The van der Waals surface area contributed by atoms with E-state index >= 15 is 0 Å². The van der Waals surface area contributed by atoms with E-state index < -0.39 is 0 Å². The van der Waals surface area contributed by atoms with Crippen LogP contribution in [-0.4, -0.2) is 21.9 Å². The molecule has 7 heteroatoms. The van der Waals surface area contributed by atoms with Crippen molar-refractivity contribution in [3.05, 3.63) is 57.5 Å². The van der Waals surface area contributed by atoms with Crippen molar-refractivity contribution in [3.63, 3.8) is 0 Å². The molecular formula is C20H19N5O2. The molecule has 136 valence electrons. The van der Waals surface area contributed by atoms with E-state index in [2.05, 4.69) is 11.2 Å². The molecule has 2 aromatic heterocycles. The molecule has 4 rings (SSSR count). The number of aryl methyl sites for hydroxylation is 1. The van der Waals surface area contributed by atoms with Crippen molar-refractivity contribution < 1.29 is 4.74 Å². The van der Waals surface area contributed by atoms with E-state index in [9.17, 15) is 10.1 Å². The Balaban J connectivity index is 2.03. The summed E-state index contributed by atoms with van der Waals surface area (Å²) in [4.78, 5) is 16.4. The van der Waals surface area contributed by atoms with Crippen LogP contribution in [0, 0.1) is 11.3 Å². The third kappa shape index (κ3) is 2.85. The Morgan fingerprint density at radius 1 is 1.26 bits per heavy atom. The van der Waals surface area contributed by atoms with E-state index in [1.807, 2.05) is 24.3 Å². The van der Waals surface area contributed by atoms with Crippen LogP contribution in [0.15, 0.2) is 35.1 Å². The van der Waals surface area contributed by atoms with E-state index in [4.69, 9.17) is 15.5 Å². The van der Waals surface area contributed by atoms with E-state index in [-0.39, 0.29) is 11.4 Å². The Morgan fingerprint density at radius 2 is 2.00 bits per heavy atom. The van der Waals surface area contributed by atoms with Crippen molar-refractivity contribution in [1.82, 2.24) is 14.8 Å². The summed E-state index contributed by atoms with van der Waals surface area (Å²) in [6, 6.07) is 11.2. The number of nitrogens with one attached hydrogen (secondary N) is 1. The lowest BCUT2D eigenvalue weighted by atomic mass is 9.86. The third-order valence-corrected chi connectivity index (χ3v) is 4.92. The van der Waals surface area contributed by atoms with Gasteiger partial charge in [-0.3, -0.25) is 9.89 Å². The van der Waals surface area contributed by atoms with Crippen LogP contribution in [-0.2, 0) is 12.8 Å². The van der Waals surface area contributed by atoms with Crippen LogP contribution < -0.4 is 16.0 Å². The van der Waals surface area contributed by atoms with E-state index in [1.165, 1.54) is 10.7 Å². The molecule has 0 saturated carbocycles. The summed E-state index contributed by atoms with van der Waals surface area (Å²) in [5.74, 6) is 1.34. The Kier molecular flexibility index (Phi) is 4.16. The van der Waals surface area contributed by atoms with Gasteiger partial charge in [-0.25, -0.2) is 9.67 Å². The van der Waals surface area contributed by atoms with E-state index in [0.29, 0.717) is 11.4 Å². The van der Waals surface area contributed by atoms with Crippen LogP contribution in [0.2, 0.25) is 0 Å². The summed E-state index contributed by atoms with van der Waals surface area (Å²) < 4.78 is 6.64. The van der Waals surface area contributed by atoms with Crippen molar-refractivity contribution in [2.45, 2.75) is 25.7 Å². The summed E-state index contributed by atoms with van der Waals surface area (Å²) in [5, 5.41) is 12.6. The van der Waals surface area contributed by atoms with Gasteiger partial charge in [-0.2, -0.15) is 5.26 Å². The minimum absolute atomic E-state index is 0.223. The van der Waals surface area contributed by atoms with Gasteiger partial charge in [0, 0.05) is 17.3 Å². The molecule has 0 radical (unpaired) electrons. The first kappa shape index (κ1) is 16.9. The van der Waals surface area contributed by atoms with Crippen molar-refractivity contribution in [2.24, 2.45) is 0 Å². The number of nitrogen functional groups attached to an aromatic ring is 1. The van der Waals surface area contributed by atoms with Gasteiger partial charge in [-0.1, -0.05) is 12.1 Å². The van der Waals surface area contributed by atoms with Crippen molar-refractivity contribution in [2.75, 3.05) is 12.8 Å². The molecule has 1 aliphatic carbocycles. The van der Waals surface area contributed by atoms with Gasteiger partial charge in [0.25, 0.3) is 5.56 Å².